The van der Waals surface area contributed by atoms with Crippen molar-refractivity contribution in [3.05, 3.63) is 35.7 Å². The molecule has 0 aliphatic heterocycles. The fourth-order valence-electron chi connectivity index (χ4n) is 1.61. The van der Waals surface area contributed by atoms with Crippen LogP contribution in [-0.2, 0) is 4.79 Å². The van der Waals surface area contributed by atoms with Gasteiger partial charge in [-0.25, -0.2) is 4.39 Å². The number of rotatable bonds is 6. The van der Waals surface area contributed by atoms with Crippen molar-refractivity contribution >= 4 is 12.0 Å². The summed E-state index contributed by atoms with van der Waals surface area (Å²) in [4.78, 5) is 11.7. The lowest BCUT2D eigenvalue weighted by Crippen LogP contribution is -2.40. The number of amides is 1. The van der Waals surface area contributed by atoms with E-state index in [0.717, 1.165) is 0 Å². The molecule has 0 aromatic heterocycles. The summed E-state index contributed by atoms with van der Waals surface area (Å²) in [6, 6.07) is 4.14. The van der Waals surface area contributed by atoms with Gasteiger partial charge in [0.2, 0.25) is 5.91 Å². The van der Waals surface area contributed by atoms with E-state index in [0.29, 0.717) is 5.56 Å². The zero-order valence-corrected chi connectivity index (χ0v) is 11.9. The first-order chi connectivity index (χ1) is 9.47. The highest BCUT2D eigenvalue weighted by Crippen LogP contribution is 2.18. The number of aliphatic hydroxyl groups excluding tert-OH is 1. The predicted octanol–water partition coefficient (Wildman–Crippen LogP) is 1.98. The Kier molecular flexibility index (Phi) is 6.18. The van der Waals surface area contributed by atoms with E-state index in [1.165, 1.54) is 31.4 Å². The van der Waals surface area contributed by atoms with E-state index in [4.69, 9.17) is 9.84 Å². The first-order valence-corrected chi connectivity index (χ1v) is 6.41. The Labute approximate surface area is 118 Å². The molecule has 0 saturated carbocycles. The second-order valence-electron chi connectivity index (χ2n) is 4.77. The van der Waals surface area contributed by atoms with Crippen LogP contribution in [0.3, 0.4) is 0 Å². The fourth-order valence-corrected chi connectivity index (χ4v) is 1.61. The first-order valence-electron chi connectivity index (χ1n) is 6.41. The van der Waals surface area contributed by atoms with Crippen molar-refractivity contribution in [1.82, 2.24) is 5.32 Å². The van der Waals surface area contributed by atoms with Gasteiger partial charge in [-0.1, -0.05) is 19.9 Å². The van der Waals surface area contributed by atoms with Crippen LogP contribution in [0, 0.1) is 11.7 Å². The summed E-state index contributed by atoms with van der Waals surface area (Å²) in [5, 5.41) is 11.8. The molecule has 1 aromatic carbocycles. The molecule has 1 atom stereocenters. The molecule has 5 heteroatoms. The first kappa shape index (κ1) is 16.2. The Balaban J connectivity index is 2.68. The molecular formula is C15H20FNO3. The van der Waals surface area contributed by atoms with E-state index in [-0.39, 0.29) is 30.2 Å². The van der Waals surface area contributed by atoms with Gasteiger partial charge in [0.1, 0.15) is 0 Å². The van der Waals surface area contributed by atoms with Gasteiger partial charge in [0, 0.05) is 6.08 Å². The van der Waals surface area contributed by atoms with Gasteiger partial charge < -0.3 is 15.2 Å². The van der Waals surface area contributed by atoms with E-state index in [1.807, 2.05) is 13.8 Å². The molecule has 1 amide bonds. The number of hydrogen-bond donors (Lipinski definition) is 2. The lowest BCUT2D eigenvalue weighted by Gasteiger charge is -2.18. The van der Waals surface area contributed by atoms with Crippen molar-refractivity contribution in [2.24, 2.45) is 5.92 Å². The molecule has 0 aliphatic carbocycles. The smallest absolute Gasteiger partial charge is 0.244 e. The van der Waals surface area contributed by atoms with Gasteiger partial charge in [0.05, 0.1) is 19.8 Å². The molecule has 110 valence electrons. The highest BCUT2D eigenvalue weighted by Gasteiger charge is 2.13. The number of ether oxygens (including phenoxy) is 1. The van der Waals surface area contributed by atoms with Gasteiger partial charge in [-0.05, 0) is 29.7 Å². The molecule has 0 spiro atoms. The summed E-state index contributed by atoms with van der Waals surface area (Å²) in [7, 11) is 1.39. The third kappa shape index (κ3) is 4.66. The Morgan fingerprint density at radius 3 is 2.70 bits per heavy atom. The second kappa shape index (κ2) is 7.65. The van der Waals surface area contributed by atoms with Gasteiger partial charge in [-0.15, -0.1) is 0 Å². The summed E-state index contributed by atoms with van der Waals surface area (Å²) >= 11 is 0. The molecule has 0 bridgehead atoms. The van der Waals surface area contributed by atoms with Crippen LogP contribution in [0.4, 0.5) is 4.39 Å². The van der Waals surface area contributed by atoms with Crippen molar-refractivity contribution in [3.63, 3.8) is 0 Å². The van der Waals surface area contributed by atoms with E-state index < -0.39 is 5.82 Å². The third-order valence-corrected chi connectivity index (χ3v) is 2.93. The third-order valence-electron chi connectivity index (χ3n) is 2.93. The van der Waals surface area contributed by atoms with Crippen molar-refractivity contribution < 1.29 is 19.0 Å². The van der Waals surface area contributed by atoms with Crippen molar-refractivity contribution in [2.45, 2.75) is 19.9 Å². The van der Waals surface area contributed by atoms with Crippen LogP contribution >= 0.6 is 0 Å². The van der Waals surface area contributed by atoms with Crippen LogP contribution < -0.4 is 10.1 Å². The SMILES string of the molecule is COc1ccc(C=CC(=O)NC(CO)C(C)C)cc1F. The lowest BCUT2D eigenvalue weighted by molar-refractivity contribution is -0.117. The molecule has 0 heterocycles. The highest BCUT2D eigenvalue weighted by atomic mass is 19.1. The number of nitrogens with one attached hydrogen (secondary N) is 1. The molecular weight excluding hydrogens is 261 g/mol. The van der Waals surface area contributed by atoms with Crippen molar-refractivity contribution in [2.75, 3.05) is 13.7 Å². The minimum atomic E-state index is -0.481. The maximum atomic E-state index is 13.5. The molecule has 0 saturated heterocycles. The van der Waals surface area contributed by atoms with Gasteiger partial charge >= 0.3 is 0 Å². The summed E-state index contributed by atoms with van der Waals surface area (Å²) in [6.07, 6.45) is 2.82. The highest BCUT2D eigenvalue weighted by molar-refractivity contribution is 5.91. The number of halogens is 1. The number of carbonyl (C=O) groups is 1. The maximum Gasteiger partial charge on any atom is 0.244 e. The molecule has 1 unspecified atom stereocenters. The topological polar surface area (TPSA) is 58.6 Å². The van der Waals surface area contributed by atoms with E-state index in [2.05, 4.69) is 5.32 Å². The summed E-state index contributed by atoms with van der Waals surface area (Å²) < 4.78 is 18.3. The van der Waals surface area contributed by atoms with Crippen molar-refractivity contribution in [3.8, 4) is 5.75 Å². The number of aliphatic hydroxyl groups is 1. The molecule has 0 fully saturated rings. The Morgan fingerprint density at radius 2 is 2.20 bits per heavy atom. The maximum absolute atomic E-state index is 13.5. The van der Waals surface area contributed by atoms with Gasteiger partial charge in [-0.3, -0.25) is 4.79 Å². The standard InChI is InChI=1S/C15H20FNO3/c1-10(2)13(9-18)17-15(19)7-5-11-4-6-14(20-3)12(16)8-11/h4-8,10,13,18H,9H2,1-3H3,(H,17,19). The molecule has 0 aliphatic rings. The number of methoxy groups -OCH3 is 1. The van der Waals surface area contributed by atoms with Gasteiger partial charge in [0.25, 0.3) is 0 Å². The summed E-state index contributed by atoms with van der Waals surface area (Å²) in [5.74, 6) is -0.512. The monoisotopic (exact) mass is 281 g/mol. The van der Waals surface area contributed by atoms with E-state index in [9.17, 15) is 9.18 Å². The largest absolute Gasteiger partial charge is 0.494 e. The summed E-state index contributed by atoms with van der Waals surface area (Å²) in [5.41, 5.74) is 0.559. The fraction of sp³-hybridized carbons (Fsp3) is 0.400. The zero-order chi connectivity index (χ0) is 15.1. The Morgan fingerprint density at radius 1 is 1.50 bits per heavy atom. The van der Waals surface area contributed by atoms with Crippen LogP contribution in [0.15, 0.2) is 24.3 Å². The number of benzene rings is 1. The van der Waals surface area contributed by atoms with Crippen LogP contribution in [0.25, 0.3) is 6.08 Å². The Bertz CT molecular complexity index is 486. The average Bonchev–Trinajstić information content (AvgIpc) is 2.42. The van der Waals surface area contributed by atoms with Crippen molar-refractivity contribution in [1.29, 1.82) is 0 Å². The van der Waals surface area contributed by atoms with Crippen LogP contribution in [0.5, 0.6) is 5.75 Å². The second-order valence-corrected chi connectivity index (χ2v) is 4.77. The van der Waals surface area contributed by atoms with E-state index >= 15 is 0 Å². The van der Waals surface area contributed by atoms with Gasteiger partial charge in [0.15, 0.2) is 11.6 Å². The normalized spacial score (nSPS) is 12.7. The number of hydrogen-bond acceptors (Lipinski definition) is 3. The number of carbonyl (C=O) groups excluding carboxylic acids is 1. The molecule has 1 aromatic rings. The molecule has 2 N–H and O–H groups in total. The predicted molar refractivity (Wildman–Crippen MR) is 75.8 cm³/mol. The minimum Gasteiger partial charge on any atom is -0.494 e. The quantitative estimate of drug-likeness (QED) is 0.784. The van der Waals surface area contributed by atoms with Crippen LogP contribution in [0.1, 0.15) is 19.4 Å². The van der Waals surface area contributed by atoms with Gasteiger partial charge in [-0.2, -0.15) is 0 Å². The molecule has 1 rings (SSSR count). The van der Waals surface area contributed by atoms with Crippen LogP contribution in [0.2, 0.25) is 0 Å². The minimum absolute atomic E-state index is 0.117. The zero-order valence-electron chi connectivity index (χ0n) is 11.9. The molecule has 4 nitrogen and oxygen atoms in total. The summed E-state index contributed by atoms with van der Waals surface area (Å²) in [6.45, 7) is 3.70. The van der Waals surface area contributed by atoms with Crippen LogP contribution in [-0.4, -0.2) is 30.8 Å². The lowest BCUT2D eigenvalue weighted by atomic mass is 10.1. The molecule has 0 radical (unpaired) electrons. The Hall–Kier alpha value is -1.88. The average molecular weight is 281 g/mol. The van der Waals surface area contributed by atoms with E-state index in [1.54, 1.807) is 6.07 Å². The molecule has 20 heavy (non-hydrogen) atoms.